The Kier molecular flexibility index (Phi) is 3.93. The van der Waals surface area contributed by atoms with Crippen LogP contribution in [0.3, 0.4) is 0 Å². The van der Waals surface area contributed by atoms with Crippen molar-refractivity contribution in [3.05, 3.63) is 0 Å². The fourth-order valence-electron chi connectivity index (χ4n) is 1.72. The molecular formula is C11H22N2O. The van der Waals surface area contributed by atoms with E-state index in [2.05, 4.69) is 26.1 Å². The van der Waals surface area contributed by atoms with Crippen molar-refractivity contribution in [3.8, 4) is 0 Å². The largest absolute Gasteiger partial charge is 0.337 e. The van der Waals surface area contributed by atoms with Crippen molar-refractivity contribution >= 4 is 5.91 Å². The molecule has 0 aliphatic carbocycles. The Morgan fingerprint density at radius 2 is 2.07 bits per heavy atom. The molecular weight excluding hydrogens is 176 g/mol. The van der Waals surface area contributed by atoms with Gasteiger partial charge in [-0.3, -0.25) is 4.79 Å². The molecule has 82 valence electrons. The molecule has 14 heavy (non-hydrogen) atoms. The molecule has 0 aromatic carbocycles. The normalized spacial score (nSPS) is 25.2. The Morgan fingerprint density at radius 3 is 2.57 bits per heavy atom. The number of hydrogen-bond donors (Lipinski definition) is 1. The fraction of sp³-hybridized carbons (Fsp3) is 0.909. The molecule has 0 bridgehead atoms. The van der Waals surface area contributed by atoms with Gasteiger partial charge in [0.25, 0.3) is 0 Å². The molecule has 0 saturated carbocycles. The highest BCUT2D eigenvalue weighted by atomic mass is 16.2. The van der Waals surface area contributed by atoms with E-state index in [4.69, 9.17) is 0 Å². The summed E-state index contributed by atoms with van der Waals surface area (Å²) in [6.07, 6.45) is 0. The highest BCUT2D eigenvalue weighted by Gasteiger charge is 2.27. The van der Waals surface area contributed by atoms with E-state index in [9.17, 15) is 4.79 Å². The van der Waals surface area contributed by atoms with Gasteiger partial charge in [-0.2, -0.15) is 0 Å². The van der Waals surface area contributed by atoms with Gasteiger partial charge in [0.2, 0.25) is 5.91 Å². The lowest BCUT2D eigenvalue weighted by atomic mass is 9.95. The summed E-state index contributed by atoms with van der Waals surface area (Å²) in [5, 5.41) is 3.29. The molecule has 1 unspecified atom stereocenters. The van der Waals surface area contributed by atoms with Gasteiger partial charge in [-0.15, -0.1) is 0 Å². The zero-order valence-corrected chi connectivity index (χ0v) is 9.71. The molecule has 3 nitrogen and oxygen atoms in total. The number of carbonyl (C=O) groups is 1. The second-order valence-corrected chi connectivity index (χ2v) is 4.62. The maximum Gasteiger partial charge on any atom is 0.225 e. The maximum absolute atomic E-state index is 12.0. The predicted octanol–water partition coefficient (Wildman–Crippen LogP) is 1.10. The summed E-state index contributed by atoms with van der Waals surface area (Å²) in [5.41, 5.74) is 0. The Morgan fingerprint density at radius 1 is 1.43 bits per heavy atom. The van der Waals surface area contributed by atoms with E-state index >= 15 is 0 Å². The predicted molar refractivity (Wildman–Crippen MR) is 58.0 cm³/mol. The maximum atomic E-state index is 12.0. The number of rotatable bonds is 2. The number of nitrogens with zero attached hydrogens (tertiary/aromatic N) is 1. The van der Waals surface area contributed by atoms with Crippen LogP contribution in [0.1, 0.15) is 27.7 Å². The summed E-state index contributed by atoms with van der Waals surface area (Å²) in [7, 11) is 0. The van der Waals surface area contributed by atoms with Gasteiger partial charge < -0.3 is 10.2 Å². The Bertz CT molecular complexity index is 203. The van der Waals surface area contributed by atoms with Crippen LogP contribution in [0.4, 0.5) is 0 Å². The first-order chi connectivity index (χ1) is 6.54. The average Bonchev–Trinajstić information content (AvgIpc) is 2.16. The Labute approximate surface area is 86.9 Å². The first-order valence-electron chi connectivity index (χ1n) is 5.55. The topological polar surface area (TPSA) is 32.3 Å². The van der Waals surface area contributed by atoms with Crippen molar-refractivity contribution in [1.29, 1.82) is 0 Å². The molecule has 1 aliphatic heterocycles. The quantitative estimate of drug-likeness (QED) is 0.720. The van der Waals surface area contributed by atoms with Crippen LogP contribution in [0.25, 0.3) is 0 Å². The zero-order valence-electron chi connectivity index (χ0n) is 9.71. The lowest BCUT2D eigenvalue weighted by Gasteiger charge is -2.36. The van der Waals surface area contributed by atoms with Crippen LogP contribution in [0, 0.1) is 11.8 Å². The first kappa shape index (κ1) is 11.5. The van der Waals surface area contributed by atoms with E-state index in [0.29, 0.717) is 17.9 Å². The number of nitrogens with one attached hydrogen (secondary N) is 1. The van der Waals surface area contributed by atoms with Gasteiger partial charge >= 0.3 is 0 Å². The molecule has 1 fully saturated rings. The third kappa shape index (κ3) is 2.47. The second kappa shape index (κ2) is 4.78. The molecule has 1 saturated heterocycles. The van der Waals surface area contributed by atoms with Crippen molar-refractivity contribution in [3.63, 3.8) is 0 Å². The van der Waals surface area contributed by atoms with Crippen LogP contribution in [-0.2, 0) is 4.79 Å². The van der Waals surface area contributed by atoms with E-state index in [-0.39, 0.29) is 5.92 Å². The molecule has 1 amide bonds. The molecule has 0 spiro atoms. The second-order valence-electron chi connectivity index (χ2n) is 4.62. The lowest BCUT2D eigenvalue weighted by molar-refractivity contribution is -0.139. The highest BCUT2D eigenvalue weighted by Crippen LogP contribution is 2.15. The number of carbonyl (C=O) groups excluding carboxylic acids is 1. The summed E-state index contributed by atoms with van der Waals surface area (Å²) in [5.74, 6) is 0.897. The van der Waals surface area contributed by atoms with Crippen molar-refractivity contribution in [2.45, 2.75) is 33.7 Å². The van der Waals surface area contributed by atoms with Crippen LogP contribution < -0.4 is 5.32 Å². The molecule has 1 N–H and O–H groups in total. The summed E-state index contributed by atoms with van der Waals surface area (Å²) >= 11 is 0. The van der Waals surface area contributed by atoms with Crippen LogP contribution in [-0.4, -0.2) is 36.5 Å². The molecule has 1 aliphatic rings. The van der Waals surface area contributed by atoms with Gasteiger partial charge in [-0.25, -0.2) is 0 Å². The van der Waals surface area contributed by atoms with Crippen molar-refractivity contribution in [2.75, 3.05) is 19.6 Å². The Balaban J connectivity index is 2.58. The summed E-state index contributed by atoms with van der Waals surface area (Å²) < 4.78 is 0. The summed E-state index contributed by atoms with van der Waals surface area (Å²) in [6.45, 7) is 11.1. The minimum atomic E-state index is 0.149. The monoisotopic (exact) mass is 198 g/mol. The average molecular weight is 198 g/mol. The highest BCUT2D eigenvalue weighted by molar-refractivity contribution is 5.79. The molecule has 2 atom stereocenters. The molecule has 0 aromatic heterocycles. The van der Waals surface area contributed by atoms with Crippen molar-refractivity contribution in [2.24, 2.45) is 11.8 Å². The van der Waals surface area contributed by atoms with Crippen molar-refractivity contribution < 1.29 is 4.79 Å². The zero-order chi connectivity index (χ0) is 10.7. The number of amides is 1. The van der Waals surface area contributed by atoms with E-state index in [0.717, 1.165) is 19.6 Å². The van der Waals surface area contributed by atoms with E-state index in [1.165, 1.54) is 0 Å². The molecule has 0 radical (unpaired) electrons. The van der Waals surface area contributed by atoms with E-state index in [1.807, 2.05) is 11.8 Å². The van der Waals surface area contributed by atoms with E-state index < -0.39 is 0 Å². The van der Waals surface area contributed by atoms with E-state index in [1.54, 1.807) is 0 Å². The van der Waals surface area contributed by atoms with Crippen LogP contribution >= 0.6 is 0 Å². The van der Waals surface area contributed by atoms with Gasteiger partial charge in [0.1, 0.15) is 0 Å². The third-order valence-electron chi connectivity index (χ3n) is 3.17. The fourth-order valence-corrected chi connectivity index (χ4v) is 1.72. The van der Waals surface area contributed by atoms with Crippen LogP contribution in [0.2, 0.25) is 0 Å². The SMILES string of the molecule is CC(C)C(C)C(=O)N1CCNC[C@@H]1C. The molecule has 0 aromatic rings. The summed E-state index contributed by atoms with van der Waals surface area (Å²) in [4.78, 5) is 14.1. The summed E-state index contributed by atoms with van der Waals surface area (Å²) in [6, 6.07) is 0.345. The number of hydrogen-bond acceptors (Lipinski definition) is 2. The molecule has 3 heteroatoms. The van der Waals surface area contributed by atoms with Crippen LogP contribution in [0.15, 0.2) is 0 Å². The van der Waals surface area contributed by atoms with Crippen LogP contribution in [0.5, 0.6) is 0 Å². The first-order valence-corrected chi connectivity index (χ1v) is 5.55. The molecule has 1 rings (SSSR count). The molecule has 1 heterocycles. The van der Waals surface area contributed by atoms with Gasteiger partial charge in [-0.05, 0) is 12.8 Å². The smallest absolute Gasteiger partial charge is 0.225 e. The lowest BCUT2D eigenvalue weighted by Crippen LogP contribution is -2.54. The van der Waals surface area contributed by atoms with Crippen molar-refractivity contribution in [1.82, 2.24) is 10.2 Å². The number of piperazine rings is 1. The van der Waals surface area contributed by atoms with Gasteiger partial charge in [0, 0.05) is 31.6 Å². The van der Waals surface area contributed by atoms with Gasteiger partial charge in [0.15, 0.2) is 0 Å². The minimum absolute atomic E-state index is 0.149. The third-order valence-corrected chi connectivity index (χ3v) is 3.17. The Hall–Kier alpha value is -0.570. The minimum Gasteiger partial charge on any atom is -0.337 e. The van der Waals surface area contributed by atoms with Gasteiger partial charge in [0.05, 0.1) is 0 Å². The van der Waals surface area contributed by atoms with Gasteiger partial charge in [-0.1, -0.05) is 20.8 Å². The standard InChI is InChI=1S/C11H22N2O/c1-8(2)10(4)11(14)13-6-5-12-7-9(13)3/h8-10,12H,5-7H2,1-4H3/t9-,10?/m0/s1.